The van der Waals surface area contributed by atoms with Crippen LogP contribution < -0.4 is 10.6 Å². The molecule has 1 aromatic rings. The maximum atomic E-state index is 13.3. The number of benzene rings is 1. The summed E-state index contributed by atoms with van der Waals surface area (Å²) in [5.41, 5.74) is 0.517. The number of halogens is 1. The van der Waals surface area contributed by atoms with Crippen molar-refractivity contribution < 1.29 is 18.7 Å². The molecule has 5 nitrogen and oxygen atoms in total. The van der Waals surface area contributed by atoms with Gasteiger partial charge in [-0.05, 0) is 66.5 Å². The van der Waals surface area contributed by atoms with Crippen molar-refractivity contribution in [3.63, 3.8) is 0 Å². The molecule has 29 heavy (non-hydrogen) atoms. The van der Waals surface area contributed by atoms with E-state index in [2.05, 4.69) is 24.5 Å². The zero-order valence-electron chi connectivity index (χ0n) is 17.5. The van der Waals surface area contributed by atoms with Crippen molar-refractivity contribution in [2.45, 2.75) is 58.6 Å². The third kappa shape index (κ3) is 3.45. The van der Waals surface area contributed by atoms with Crippen molar-refractivity contribution in [1.29, 1.82) is 0 Å². The molecule has 2 saturated carbocycles. The van der Waals surface area contributed by atoms with Gasteiger partial charge in [0.05, 0.1) is 6.10 Å². The zero-order chi connectivity index (χ0) is 20.8. The highest BCUT2D eigenvalue weighted by molar-refractivity contribution is 5.94. The molecule has 4 rings (SSSR count). The molecule has 2 amide bonds. The van der Waals surface area contributed by atoms with Gasteiger partial charge in [-0.25, -0.2) is 4.39 Å². The first-order chi connectivity index (χ1) is 13.7. The molecule has 1 saturated heterocycles. The van der Waals surface area contributed by atoms with Gasteiger partial charge in [-0.1, -0.05) is 19.9 Å². The quantitative estimate of drug-likeness (QED) is 0.794. The maximum absolute atomic E-state index is 13.3. The Morgan fingerprint density at radius 2 is 2.10 bits per heavy atom. The van der Waals surface area contributed by atoms with Gasteiger partial charge in [-0.2, -0.15) is 0 Å². The number of amides is 2. The Morgan fingerprint density at radius 3 is 2.83 bits per heavy atom. The summed E-state index contributed by atoms with van der Waals surface area (Å²) in [6.07, 6.45) is 4.05. The van der Waals surface area contributed by atoms with Crippen LogP contribution in [-0.4, -0.2) is 37.1 Å². The van der Waals surface area contributed by atoms with Gasteiger partial charge in [0.2, 0.25) is 5.91 Å². The van der Waals surface area contributed by atoms with Gasteiger partial charge in [-0.3, -0.25) is 9.59 Å². The minimum Gasteiger partial charge on any atom is -0.378 e. The number of hydrogen-bond donors (Lipinski definition) is 2. The van der Waals surface area contributed by atoms with Crippen LogP contribution in [0.5, 0.6) is 0 Å². The molecule has 2 bridgehead atoms. The predicted molar refractivity (Wildman–Crippen MR) is 108 cm³/mol. The molecule has 0 aromatic heterocycles. The molecule has 2 aliphatic carbocycles. The van der Waals surface area contributed by atoms with Crippen molar-refractivity contribution in [2.24, 2.45) is 22.7 Å². The van der Waals surface area contributed by atoms with Gasteiger partial charge < -0.3 is 15.4 Å². The summed E-state index contributed by atoms with van der Waals surface area (Å²) in [6.45, 7) is 7.36. The van der Waals surface area contributed by atoms with E-state index < -0.39 is 5.82 Å². The molecule has 0 radical (unpaired) electrons. The molecule has 3 fully saturated rings. The summed E-state index contributed by atoms with van der Waals surface area (Å²) in [6, 6.07) is 5.90. The van der Waals surface area contributed by atoms with E-state index in [9.17, 15) is 14.0 Å². The minimum atomic E-state index is -0.413. The van der Waals surface area contributed by atoms with Gasteiger partial charge in [0, 0.05) is 31.7 Å². The third-order valence-electron chi connectivity index (χ3n) is 7.77. The van der Waals surface area contributed by atoms with Crippen LogP contribution >= 0.6 is 0 Å². The fraction of sp³-hybridized carbons (Fsp3) is 0.652. The van der Waals surface area contributed by atoms with Crippen molar-refractivity contribution in [2.75, 3.05) is 13.2 Å². The summed E-state index contributed by atoms with van der Waals surface area (Å²) in [7, 11) is 0. The molecule has 2 N–H and O–H groups in total. The highest BCUT2D eigenvalue weighted by Crippen LogP contribution is 2.68. The smallest absolute Gasteiger partial charge is 0.251 e. The van der Waals surface area contributed by atoms with Crippen LogP contribution in [0.1, 0.15) is 56.8 Å². The highest BCUT2D eigenvalue weighted by Gasteiger charge is 2.68. The van der Waals surface area contributed by atoms with Crippen molar-refractivity contribution >= 4 is 11.8 Å². The second kappa shape index (κ2) is 7.38. The van der Waals surface area contributed by atoms with Crippen LogP contribution in [0.25, 0.3) is 0 Å². The van der Waals surface area contributed by atoms with Crippen LogP contribution in [0.2, 0.25) is 0 Å². The van der Waals surface area contributed by atoms with E-state index in [0.717, 1.165) is 25.7 Å². The minimum absolute atomic E-state index is 0.0362. The zero-order valence-corrected chi connectivity index (χ0v) is 17.5. The van der Waals surface area contributed by atoms with Crippen LogP contribution in [-0.2, 0) is 9.53 Å². The number of fused-ring (bicyclic) bond motifs is 1. The summed E-state index contributed by atoms with van der Waals surface area (Å²) in [5.74, 6) is 0.339. The Balaban J connectivity index is 1.42. The first-order valence-electron chi connectivity index (χ1n) is 10.7. The average Bonchev–Trinajstić information content (AvgIpc) is 3.15. The number of nitrogens with one attached hydrogen (secondary N) is 2. The number of rotatable bonds is 5. The first kappa shape index (κ1) is 20.3. The van der Waals surface area contributed by atoms with E-state index in [4.69, 9.17) is 4.74 Å². The van der Waals surface area contributed by atoms with Crippen LogP contribution in [0.4, 0.5) is 4.39 Å². The molecular weight excluding hydrogens is 371 g/mol. The SMILES string of the molecule is CC(=O)N[C@@H]1C(C)(C)[C@@H]2C[C@@H]3[C@@H](CCNC(=O)c4cccc(F)c4)OCC[C@@]31C2. The monoisotopic (exact) mass is 402 g/mol. The van der Waals surface area contributed by atoms with Crippen LogP contribution in [0.3, 0.4) is 0 Å². The molecule has 1 heterocycles. The molecule has 3 aliphatic rings. The lowest BCUT2D eigenvalue weighted by Crippen LogP contribution is -2.60. The van der Waals surface area contributed by atoms with E-state index >= 15 is 0 Å². The second-order valence-electron chi connectivity index (χ2n) is 9.65. The Kier molecular flexibility index (Phi) is 5.18. The summed E-state index contributed by atoms with van der Waals surface area (Å²) in [4.78, 5) is 24.2. The van der Waals surface area contributed by atoms with Crippen molar-refractivity contribution in [3.8, 4) is 0 Å². The molecule has 158 valence electrons. The summed E-state index contributed by atoms with van der Waals surface area (Å²) >= 11 is 0. The number of carbonyl (C=O) groups excluding carboxylic acids is 2. The van der Waals surface area contributed by atoms with Crippen LogP contribution in [0.15, 0.2) is 24.3 Å². The Labute approximate surface area is 171 Å². The molecule has 1 aromatic carbocycles. The van der Waals surface area contributed by atoms with E-state index in [1.807, 2.05) is 0 Å². The lowest BCUT2D eigenvalue weighted by Gasteiger charge is -2.53. The predicted octanol–water partition coefficient (Wildman–Crippen LogP) is 3.29. The molecule has 1 aliphatic heterocycles. The van der Waals surface area contributed by atoms with E-state index in [0.29, 0.717) is 30.6 Å². The fourth-order valence-corrected chi connectivity index (χ4v) is 6.46. The van der Waals surface area contributed by atoms with Gasteiger partial charge >= 0.3 is 0 Å². The van der Waals surface area contributed by atoms with Gasteiger partial charge in [0.25, 0.3) is 5.91 Å². The van der Waals surface area contributed by atoms with Crippen molar-refractivity contribution in [1.82, 2.24) is 10.6 Å². The second-order valence-corrected chi connectivity index (χ2v) is 9.65. The van der Waals surface area contributed by atoms with Gasteiger partial charge in [0.15, 0.2) is 0 Å². The third-order valence-corrected chi connectivity index (χ3v) is 7.77. The summed E-state index contributed by atoms with van der Waals surface area (Å²) in [5, 5.41) is 6.17. The largest absolute Gasteiger partial charge is 0.378 e. The molecule has 5 atom stereocenters. The maximum Gasteiger partial charge on any atom is 0.251 e. The van der Waals surface area contributed by atoms with Crippen molar-refractivity contribution in [3.05, 3.63) is 35.6 Å². The number of carbonyl (C=O) groups is 2. The molecule has 1 spiro atoms. The molecular formula is C23H31FN2O3. The molecule has 6 heteroatoms. The lowest BCUT2D eigenvalue weighted by atomic mass is 9.59. The number of ether oxygens (including phenoxy) is 1. The topological polar surface area (TPSA) is 67.4 Å². The fourth-order valence-electron chi connectivity index (χ4n) is 6.46. The Bertz CT molecular complexity index is 811. The molecule has 0 unspecified atom stereocenters. The lowest BCUT2D eigenvalue weighted by molar-refractivity contribution is -0.135. The van der Waals surface area contributed by atoms with Gasteiger partial charge in [-0.15, -0.1) is 0 Å². The Hall–Kier alpha value is -1.95. The van der Waals surface area contributed by atoms with Crippen LogP contribution in [0, 0.1) is 28.5 Å². The standard InChI is InChI=1S/C23H31FN2O3/c1-14(27)26-21-22(2,3)16-12-18-19(29-10-8-23(18,21)13-16)7-9-25-20(28)15-5-4-6-17(24)11-15/h4-6,11,16,18-19,21H,7-10,12-13H2,1-3H3,(H,25,28)(H,26,27)/t16-,18-,19-,21-,23-/m1/s1. The van der Waals surface area contributed by atoms with E-state index in [1.165, 1.54) is 18.2 Å². The first-order valence-corrected chi connectivity index (χ1v) is 10.7. The van der Waals surface area contributed by atoms with Gasteiger partial charge in [0.1, 0.15) is 5.82 Å². The summed E-state index contributed by atoms with van der Waals surface area (Å²) < 4.78 is 19.5. The average molecular weight is 403 g/mol. The highest BCUT2D eigenvalue weighted by atomic mass is 19.1. The number of hydrogen-bond acceptors (Lipinski definition) is 3. The van der Waals surface area contributed by atoms with E-state index in [1.54, 1.807) is 13.0 Å². The normalized spacial score (nSPS) is 34.5. The Morgan fingerprint density at radius 1 is 1.31 bits per heavy atom. The van der Waals surface area contributed by atoms with E-state index in [-0.39, 0.29) is 34.8 Å².